The third-order valence-corrected chi connectivity index (χ3v) is 5.77. The summed E-state index contributed by atoms with van der Waals surface area (Å²) in [4.78, 5) is 2.72. The maximum Gasteiger partial charge on any atom is 0.0431 e. The van der Waals surface area contributed by atoms with Gasteiger partial charge < -0.3 is 15.3 Å². The lowest BCUT2D eigenvalue weighted by molar-refractivity contribution is 0.123. The molecule has 2 N–H and O–H groups in total. The third kappa shape index (κ3) is 5.22. The number of aliphatic hydroxyl groups excluding tert-OH is 1. The molecular weight excluding hydrogens is 260 g/mol. The first-order valence-corrected chi connectivity index (χ1v) is 9.40. The molecular formula is C18H34N2O. The van der Waals surface area contributed by atoms with Crippen LogP contribution < -0.4 is 5.32 Å². The van der Waals surface area contributed by atoms with Crippen molar-refractivity contribution in [1.82, 2.24) is 10.2 Å². The summed E-state index contributed by atoms with van der Waals surface area (Å²) in [6.07, 6.45) is 12.2. The van der Waals surface area contributed by atoms with Gasteiger partial charge in [0.25, 0.3) is 0 Å². The van der Waals surface area contributed by atoms with E-state index in [2.05, 4.69) is 10.2 Å². The molecule has 2 unspecified atom stereocenters. The van der Waals surface area contributed by atoms with Gasteiger partial charge >= 0.3 is 0 Å². The molecule has 1 aliphatic heterocycles. The largest absolute Gasteiger partial charge is 0.396 e. The number of rotatable bonds is 8. The second-order valence-electron chi connectivity index (χ2n) is 7.89. The minimum atomic E-state index is 0.360. The first kappa shape index (κ1) is 15.8. The number of piperidine rings is 1. The number of nitrogens with one attached hydrogen (secondary N) is 1. The number of nitrogens with zero attached hydrogens (tertiary/aromatic N) is 1. The van der Waals surface area contributed by atoms with E-state index in [0.717, 1.165) is 24.2 Å². The minimum Gasteiger partial charge on any atom is -0.396 e. The van der Waals surface area contributed by atoms with Crippen molar-refractivity contribution in [2.75, 3.05) is 32.8 Å². The van der Waals surface area contributed by atoms with Crippen molar-refractivity contribution in [3.05, 3.63) is 0 Å². The summed E-state index contributed by atoms with van der Waals surface area (Å²) in [6, 6.07) is 0.696. The van der Waals surface area contributed by atoms with Gasteiger partial charge in [0.2, 0.25) is 0 Å². The highest BCUT2D eigenvalue weighted by molar-refractivity contribution is 4.87. The number of likely N-dealkylation sites (tertiary alicyclic amines) is 1. The lowest BCUT2D eigenvalue weighted by Crippen LogP contribution is -2.50. The standard InChI is InChI=1S/C18H34N2O/c21-9-3-6-17-10-18(19-11-15-4-1-2-5-15)14-20(13-17)12-16-7-8-16/h15-19,21H,1-14H2. The highest BCUT2D eigenvalue weighted by Gasteiger charge is 2.31. The Labute approximate surface area is 130 Å². The van der Waals surface area contributed by atoms with E-state index in [1.165, 1.54) is 77.5 Å². The molecule has 0 radical (unpaired) electrons. The molecule has 0 aromatic carbocycles. The maximum atomic E-state index is 9.10. The van der Waals surface area contributed by atoms with Gasteiger partial charge in [-0.25, -0.2) is 0 Å². The quantitative estimate of drug-likeness (QED) is 0.722. The lowest BCUT2D eigenvalue weighted by Gasteiger charge is -2.39. The first-order valence-electron chi connectivity index (χ1n) is 9.40. The van der Waals surface area contributed by atoms with Gasteiger partial charge in [-0.05, 0) is 69.2 Å². The Kier molecular flexibility index (Phi) is 5.96. The molecule has 122 valence electrons. The molecule has 3 fully saturated rings. The predicted octanol–water partition coefficient (Wildman–Crippen LogP) is 2.64. The Bertz CT molecular complexity index is 300. The van der Waals surface area contributed by atoms with Gasteiger partial charge in [-0.15, -0.1) is 0 Å². The Morgan fingerprint density at radius 2 is 1.76 bits per heavy atom. The van der Waals surface area contributed by atoms with Crippen LogP contribution in [0.3, 0.4) is 0 Å². The zero-order valence-corrected chi connectivity index (χ0v) is 13.6. The van der Waals surface area contributed by atoms with Crippen molar-refractivity contribution in [2.45, 2.75) is 63.8 Å². The van der Waals surface area contributed by atoms with Crippen molar-refractivity contribution in [2.24, 2.45) is 17.8 Å². The predicted molar refractivity (Wildman–Crippen MR) is 87.3 cm³/mol. The summed E-state index contributed by atoms with van der Waals surface area (Å²) < 4.78 is 0. The van der Waals surface area contributed by atoms with E-state index >= 15 is 0 Å². The summed E-state index contributed by atoms with van der Waals surface area (Å²) in [5.41, 5.74) is 0. The van der Waals surface area contributed by atoms with Crippen LogP contribution in [-0.2, 0) is 0 Å². The average Bonchev–Trinajstić information content (AvgIpc) is 3.15. The number of hydrogen-bond donors (Lipinski definition) is 2. The SMILES string of the molecule is OCCCC1CC(NCC2CCCC2)CN(CC2CC2)C1. The Hall–Kier alpha value is -0.120. The molecule has 3 rings (SSSR count). The highest BCUT2D eigenvalue weighted by Crippen LogP contribution is 2.32. The van der Waals surface area contributed by atoms with Gasteiger partial charge in [0.15, 0.2) is 0 Å². The second-order valence-corrected chi connectivity index (χ2v) is 7.89. The van der Waals surface area contributed by atoms with Crippen molar-refractivity contribution in [3.63, 3.8) is 0 Å². The summed E-state index contributed by atoms with van der Waals surface area (Å²) in [5, 5.41) is 13.0. The van der Waals surface area contributed by atoms with Crippen LogP contribution in [0.5, 0.6) is 0 Å². The van der Waals surface area contributed by atoms with Gasteiger partial charge in [0.05, 0.1) is 0 Å². The van der Waals surface area contributed by atoms with Crippen molar-refractivity contribution in [1.29, 1.82) is 0 Å². The van der Waals surface area contributed by atoms with E-state index in [0.29, 0.717) is 12.6 Å². The van der Waals surface area contributed by atoms with Crippen molar-refractivity contribution >= 4 is 0 Å². The van der Waals surface area contributed by atoms with E-state index in [1.807, 2.05) is 0 Å². The molecule has 2 atom stereocenters. The lowest BCUT2D eigenvalue weighted by atomic mass is 9.90. The van der Waals surface area contributed by atoms with Gasteiger partial charge in [0.1, 0.15) is 0 Å². The molecule has 0 bridgehead atoms. The second kappa shape index (κ2) is 7.94. The molecule has 3 nitrogen and oxygen atoms in total. The highest BCUT2D eigenvalue weighted by atomic mass is 16.2. The van der Waals surface area contributed by atoms with E-state index in [-0.39, 0.29) is 0 Å². The Morgan fingerprint density at radius 3 is 2.48 bits per heavy atom. The van der Waals surface area contributed by atoms with E-state index < -0.39 is 0 Å². The smallest absolute Gasteiger partial charge is 0.0431 e. The Balaban J connectivity index is 1.45. The molecule has 1 heterocycles. The molecule has 21 heavy (non-hydrogen) atoms. The molecule has 3 heteroatoms. The fraction of sp³-hybridized carbons (Fsp3) is 1.00. The maximum absolute atomic E-state index is 9.10. The molecule has 0 amide bonds. The van der Waals surface area contributed by atoms with Crippen molar-refractivity contribution < 1.29 is 5.11 Å². The van der Waals surface area contributed by atoms with Crippen LogP contribution in [0, 0.1) is 17.8 Å². The summed E-state index contributed by atoms with van der Waals surface area (Å²) in [7, 11) is 0. The van der Waals surface area contributed by atoms with Crippen LogP contribution in [-0.4, -0.2) is 48.8 Å². The fourth-order valence-electron chi connectivity index (χ4n) is 4.40. The summed E-state index contributed by atoms with van der Waals surface area (Å²) >= 11 is 0. The zero-order chi connectivity index (χ0) is 14.5. The molecule has 0 spiro atoms. The molecule has 1 saturated heterocycles. The van der Waals surface area contributed by atoms with Gasteiger partial charge in [-0.3, -0.25) is 0 Å². The van der Waals surface area contributed by atoms with Crippen LogP contribution in [0.2, 0.25) is 0 Å². The normalized spacial score (nSPS) is 31.9. The van der Waals surface area contributed by atoms with E-state index in [9.17, 15) is 0 Å². The zero-order valence-electron chi connectivity index (χ0n) is 13.6. The molecule has 0 aromatic rings. The third-order valence-electron chi connectivity index (χ3n) is 5.77. The van der Waals surface area contributed by atoms with E-state index in [4.69, 9.17) is 5.11 Å². The van der Waals surface area contributed by atoms with Crippen molar-refractivity contribution in [3.8, 4) is 0 Å². The monoisotopic (exact) mass is 294 g/mol. The van der Waals surface area contributed by atoms with Gasteiger partial charge in [-0.1, -0.05) is 12.8 Å². The molecule has 3 aliphatic rings. The summed E-state index contributed by atoms with van der Waals surface area (Å²) in [5.74, 6) is 2.74. The van der Waals surface area contributed by atoms with Crippen LogP contribution >= 0.6 is 0 Å². The first-order chi connectivity index (χ1) is 10.3. The van der Waals surface area contributed by atoms with E-state index in [1.54, 1.807) is 0 Å². The fourth-order valence-corrected chi connectivity index (χ4v) is 4.40. The van der Waals surface area contributed by atoms with Crippen LogP contribution in [0.25, 0.3) is 0 Å². The molecule has 2 saturated carbocycles. The Morgan fingerprint density at radius 1 is 0.952 bits per heavy atom. The summed E-state index contributed by atoms with van der Waals surface area (Å²) in [6.45, 7) is 5.47. The van der Waals surface area contributed by atoms with Gasteiger partial charge in [0, 0.05) is 32.3 Å². The van der Waals surface area contributed by atoms with Crippen LogP contribution in [0.1, 0.15) is 57.8 Å². The molecule has 0 aromatic heterocycles. The average molecular weight is 294 g/mol. The number of hydrogen-bond acceptors (Lipinski definition) is 3. The minimum absolute atomic E-state index is 0.360. The van der Waals surface area contributed by atoms with Crippen LogP contribution in [0.15, 0.2) is 0 Å². The number of aliphatic hydroxyl groups is 1. The topological polar surface area (TPSA) is 35.5 Å². The van der Waals surface area contributed by atoms with Gasteiger partial charge in [-0.2, -0.15) is 0 Å². The van der Waals surface area contributed by atoms with Crippen LogP contribution in [0.4, 0.5) is 0 Å². The molecule has 2 aliphatic carbocycles.